The third-order valence-electron chi connectivity index (χ3n) is 4.86. The van der Waals surface area contributed by atoms with Crippen molar-refractivity contribution < 1.29 is 19.1 Å². The van der Waals surface area contributed by atoms with E-state index in [9.17, 15) is 14.4 Å². The Morgan fingerprint density at radius 1 is 1.44 bits per heavy atom. The molecule has 3 rings (SSSR count). The summed E-state index contributed by atoms with van der Waals surface area (Å²) in [7, 11) is 0. The molecule has 0 aromatic heterocycles. The maximum Gasteiger partial charge on any atom is 0.330 e. The highest BCUT2D eigenvalue weighted by atomic mass is 32.2. The summed E-state index contributed by atoms with van der Waals surface area (Å²) in [4.78, 5) is 38.1. The molecule has 3 atom stereocenters. The molecule has 27 heavy (non-hydrogen) atoms. The zero-order valence-corrected chi connectivity index (χ0v) is 15.6. The van der Waals surface area contributed by atoms with Gasteiger partial charge in [0.05, 0.1) is 6.07 Å². The van der Waals surface area contributed by atoms with Crippen molar-refractivity contribution in [1.82, 2.24) is 4.90 Å². The Kier molecular flexibility index (Phi) is 5.33. The van der Waals surface area contributed by atoms with Gasteiger partial charge in [0.15, 0.2) is 12.4 Å². The molecular formula is C19H19N3O4S. The van der Waals surface area contributed by atoms with Crippen LogP contribution < -0.4 is 0 Å². The number of nitrogens with one attached hydrogen (secondary N) is 1. The van der Waals surface area contributed by atoms with Crippen LogP contribution in [0.3, 0.4) is 0 Å². The fraction of sp³-hybridized carbons (Fsp3) is 0.421. The van der Waals surface area contributed by atoms with Crippen LogP contribution in [0.1, 0.15) is 25.3 Å². The zero-order valence-electron chi connectivity index (χ0n) is 14.8. The Morgan fingerprint density at radius 2 is 2.15 bits per heavy atom. The van der Waals surface area contributed by atoms with Gasteiger partial charge in [-0.05, 0) is 18.9 Å². The standard InChI is InChI=1S/C19H19N3O4S/c1-12(21)14(9-20)16(23)10-26-18(25)15-11-27-19(8-7-17(24)22(15)19)13-5-3-2-4-6-13/h2-6,14-15,21H,7-8,10-11H2,1H3/t14?,15-,19+/m1/s1. The molecule has 2 saturated heterocycles. The van der Waals surface area contributed by atoms with E-state index in [0.717, 1.165) is 5.56 Å². The normalized spacial score (nSPS) is 24.8. The quantitative estimate of drug-likeness (QED) is 0.591. The second kappa shape index (κ2) is 7.53. The predicted octanol–water partition coefficient (Wildman–Crippen LogP) is 1.87. The van der Waals surface area contributed by atoms with Crippen LogP contribution >= 0.6 is 11.8 Å². The van der Waals surface area contributed by atoms with E-state index in [0.29, 0.717) is 18.6 Å². The molecule has 2 heterocycles. The molecule has 2 fully saturated rings. The molecular weight excluding hydrogens is 366 g/mol. The molecule has 0 aliphatic carbocycles. The Bertz CT molecular complexity index is 835. The van der Waals surface area contributed by atoms with Gasteiger partial charge >= 0.3 is 5.97 Å². The molecule has 0 radical (unpaired) electrons. The van der Waals surface area contributed by atoms with Gasteiger partial charge in [-0.1, -0.05) is 30.3 Å². The number of fused-ring (bicyclic) bond motifs is 1. The van der Waals surface area contributed by atoms with E-state index in [-0.39, 0.29) is 11.6 Å². The lowest BCUT2D eigenvalue weighted by Crippen LogP contribution is -2.47. The van der Waals surface area contributed by atoms with Crippen LogP contribution in [0.4, 0.5) is 0 Å². The first-order valence-electron chi connectivity index (χ1n) is 8.56. The molecule has 2 aliphatic heterocycles. The SMILES string of the molecule is CC(=N)C(C#N)C(=O)COC(=O)[C@H]1CS[C@]2(c3ccccc3)CCC(=O)N12. The summed E-state index contributed by atoms with van der Waals surface area (Å²) in [6.07, 6.45) is 0.973. The number of ketones is 1. The molecule has 7 nitrogen and oxygen atoms in total. The monoisotopic (exact) mass is 385 g/mol. The van der Waals surface area contributed by atoms with E-state index < -0.39 is 35.2 Å². The van der Waals surface area contributed by atoms with Crippen molar-refractivity contribution in [2.45, 2.75) is 30.7 Å². The van der Waals surface area contributed by atoms with Crippen LogP contribution in [0, 0.1) is 22.7 Å². The zero-order chi connectivity index (χ0) is 19.6. The van der Waals surface area contributed by atoms with Crippen LogP contribution in [-0.4, -0.2) is 46.7 Å². The first kappa shape index (κ1) is 19.1. The summed E-state index contributed by atoms with van der Waals surface area (Å²) in [6.45, 7) is 0.785. The van der Waals surface area contributed by atoms with Gasteiger partial charge in [0.25, 0.3) is 0 Å². The highest BCUT2D eigenvalue weighted by molar-refractivity contribution is 8.00. The smallest absolute Gasteiger partial charge is 0.330 e. The summed E-state index contributed by atoms with van der Waals surface area (Å²) in [5.74, 6) is -2.22. The van der Waals surface area contributed by atoms with Gasteiger partial charge in [0, 0.05) is 17.9 Å². The molecule has 0 bridgehead atoms. The van der Waals surface area contributed by atoms with Crippen LogP contribution in [0.5, 0.6) is 0 Å². The number of hydrogen-bond donors (Lipinski definition) is 1. The minimum absolute atomic E-state index is 0.0900. The van der Waals surface area contributed by atoms with E-state index in [4.69, 9.17) is 15.4 Å². The van der Waals surface area contributed by atoms with Crippen LogP contribution in [0.2, 0.25) is 0 Å². The fourth-order valence-corrected chi connectivity index (χ4v) is 5.18. The molecule has 1 unspecified atom stereocenters. The van der Waals surface area contributed by atoms with E-state index in [1.807, 2.05) is 30.3 Å². The topological polar surface area (TPSA) is 111 Å². The van der Waals surface area contributed by atoms with Crippen molar-refractivity contribution in [3.8, 4) is 6.07 Å². The summed E-state index contributed by atoms with van der Waals surface area (Å²) >= 11 is 1.54. The lowest BCUT2D eigenvalue weighted by atomic mass is 10.0. The van der Waals surface area contributed by atoms with E-state index >= 15 is 0 Å². The Hall–Kier alpha value is -2.66. The second-order valence-electron chi connectivity index (χ2n) is 6.56. The number of benzene rings is 1. The highest BCUT2D eigenvalue weighted by Crippen LogP contribution is 2.54. The number of rotatable bonds is 6. The van der Waals surface area contributed by atoms with Gasteiger partial charge in [0.1, 0.15) is 16.8 Å². The third-order valence-corrected chi connectivity index (χ3v) is 6.46. The molecule has 1 aromatic rings. The summed E-state index contributed by atoms with van der Waals surface area (Å²) in [6, 6.07) is 10.6. The average molecular weight is 385 g/mol. The third kappa shape index (κ3) is 3.35. The average Bonchev–Trinajstić information content (AvgIpc) is 3.20. The van der Waals surface area contributed by atoms with Crippen molar-refractivity contribution >= 4 is 35.1 Å². The van der Waals surface area contributed by atoms with E-state index in [2.05, 4.69) is 0 Å². The Morgan fingerprint density at radius 3 is 2.78 bits per heavy atom. The summed E-state index contributed by atoms with van der Waals surface area (Å²) in [5.41, 5.74) is 0.879. The lowest BCUT2D eigenvalue weighted by Gasteiger charge is -2.33. The predicted molar refractivity (Wildman–Crippen MR) is 98.9 cm³/mol. The molecule has 8 heteroatoms. The van der Waals surface area contributed by atoms with Crippen molar-refractivity contribution in [2.75, 3.05) is 12.4 Å². The van der Waals surface area contributed by atoms with Crippen LogP contribution in [0.25, 0.3) is 0 Å². The lowest BCUT2D eigenvalue weighted by molar-refractivity contribution is -0.156. The van der Waals surface area contributed by atoms with Gasteiger partial charge in [0.2, 0.25) is 5.91 Å². The Labute approximate surface area is 161 Å². The number of Topliss-reactive ketones (excluding diaryl/α,β-unsaturated/α-hetero) is 1. The molecule has 140 valence electrons. The van der Waals surface area contributed by atoms with Crippen molar-refractivity contribution in [3.63, 3.8) is 0 Å². The maximum atomic E-state index is 12.6. The first-order valence-corrected chi connectivity index (χ1v) is 9.55. The number of ether oxygens (including phenoxy) is 1. The molecule has 0 saturated carbocycles. The second-order valence-corrected chi connectivity index (χ2v) is 7.86. The van der Waals surface area contributed by atoms with Crippen LogP contribution in [0.15, 0.2) is 30.3 Å². The molecule has 1 N–H and O–H groups in total. The van der Waals surface area contributed by atoms with Gasteiger partial charge in [-0.3, -0.25) is 9.59 Å². The van der Waals surface area contributed by atoms with E-state index in [1.54, 1.807) is 11.0 Å². The molecule has 1 amide bonds. The molecule has 0 spiro atoms. The van der Waals surface area contributed by atoms with Gasteiger partial charge < -0.3 is 15.0 Å². The van der Waals surface area contributed by atoms with Crippen molar-refractivity contribution in [1.29, 1.82) is 10.7 Å². The minimum atomic E-state index is -1.22. The number of thioether (sulfide) groups is 1. The number of amides is 1. The number of carbonyl (C=O) groups is 3. The number of carbonyl (C=O) groups excluding carboxylic acids is 3. The molecule has 1 aromatic carbocycles. The number of nitriles is 1. The van der Waals surface area contributed by atoms with Crippen molar-refractivity contribution in [2.24, 2.45) is 5.92 Å². The first-order chi connectivity index (χ1) is 12.9. The van der Waals surface area contributed by atoms with E-state index in [1.165, 1.54) is 18.7 Å². The van der Waals surface area contributed by atoms with Gasteiger partial charge in [-0.25, -0.2) is 4.79 Å². The van der Waals surface area contributed by atoms with Crippen LogP contribution in [-0.2, 0) is 24.0 Å². The largest absolute Gasteiger partial charge is 0.456 e. The highest BCUT2D eigenvalue weighted by Gasteiger charge is 2.57. The van der Waals surface area contributed by atoms with Gasteiger partial charge in [-0.15, -0.1) is 11.8 Å². The maximum absolute atomic E-state index is 12.6. The summed E-state index contributed by atoms with van der Waals surface area (Å²) < 4.78 is 5.11. The number of hydrogen-bond acceptors (Lipinski definition) is 7. The molecule has 2 aliphatic rings. The number of esters is 1. The number of nitrogens with zero attached hydrogens (tertiary/aromatic N) is 2. The Balaban J connectivity index is 1.74. The fourth-order valence-electron chi connectivity index (χ4n) is 3.55. The van der Waals surface area contributed by atoms with Crippen molar-refractivity contribution in [3.05, 3.63) is 35.9 Å². The van der Waals surface area contributed by atoms with Gasteiger partial charge in [-0.2, -0.15) is 5.26 Å². The minimum Gasteiger partial charge on any atom is -0.456 e. The summed E-state index contributed by atoms with van der Waals surface area (Å²) in [5, 5.41) is 16.4.